The molecular weight excluding hydrogens is 304 g/mol. The number of hydrogen-bond donors (Lipinski definition) is 1. The van der Waals surface area contributed by atoms with Gasteiger partial charge in [-0.2, -0.15) is 0 Å². The van der Waals surface area contributed by atoms with Gasteiger partial charge in [-0.15, -0.1) is 0 Å². The van der Waals surface area contributed by atoms with Crippen LogP contribution in [-0.2, 0) is 4.74 Å². The van der Waals surface area contributed by atoms with Crippen LogP contribution in [0.4, 0.5) is 4.79 Å². The van der Waals surface area contributed by atoms with Crippen LogP contribution < -0.4 is 5.32 Å². The summed E-state index contributed by atoms with van der Waals surface area (Å²) < 4.78 is 5.35. The van der Waals surface area contributed by atoms with Gasteiger partial charge in [-0.3, -0.25) is 15.0 Å². The van der Waals surface area contributed by atoms with Crippen LogP contribution in [0.15, 0.2) is 24.3 Å². The summed E-state index contributed by atoms with van der Waals surface area (Å²) in [5, 5.41) is 2.31. The molecule has 0 spiro atoms. The van der Waals surface area contributed by atoms with E-state index >= 15 is 0 Å². The maximum atomic E-state index is 12.0. The lowest BCUT2D eigenvalue weighted by Gasteiger charge is -2.44. The van der Waals surface area contributed by atoms with E-state index in [0.29, 0.717) is 24.1 Å². The summed E-state index contributed by atoms with van der Waals surface area (Å²) in [5.41, 5.74) is 1.54. The van der Waals surface area contributed by atoms with Crippen molar-refractivity contribution >= 4 is 12.0 Å². The third-order valence-electron chi connectivity index (χ3n) is 5.19. The highest BCUT2D eigenvalue weighted by Gasteiger charge is 2.33. The van der Waals surface area contributed by atoms with Crippen molar-refractivity contribution in [2.24, 2.45) is 5.92 Å². The fourth-order valence-electron chi connectivity index (χ4n) is 3.86. The molecule has 5 nitrogen and oxygen atoms in total. The van der Waals surface area contributed by atoms with Crippen molar-refractivity contribution in [2.45, 2.75) is 45.1 Å². The average Bonchev–Trinajstić information content (AvgIpc) is 2.60. The minimum atomic E-state index is -0.645. The van der Waals surface area contributed by atoms with Crippen LogP contribution >= 0.6 is 0 Å². The Bertz CT molecular complexity index is 583. The number of benzene rings is 1. The second-order valence-electron chi connectivity index (χ2n) is 6.92. The second-order valence-corrected chi connectivity index (χ2v) is 6.92. The SMILES string of the molecule is Cc1ccc(C(=O)NC(=O)OC[C@@H]2CCCN3CCCC[C@@H]23)cc1. The van der Waals surface area contributed by atoms with Crippen LogP contribution in [-0.4, -0.2) is 42.6 Å². The van der Waals surface area contributed by atoms with Gasteiger partial charge >= 0.3 is 6.09 Å². The van der Waals surface area contributed by atoms with Gasteiger partial charge in [-0.25, -0.2) is 4.79 Å². The van der Waals surface area contributed by atoms with Crippen LogP contribution in [0.3, 0.4) is 0 Å². The first-order chi connectivity index (χ1) is 11.6. The van der Waals surface area contributed by atoms with Crippen LogP contribution in [0, 0.1) is 12.8 Å². The van der Waals surface area contributed by atoms with Crippen LogP contribution in [0.1, 0.15) is 48.0 Å². The van der Waals surface area contributed by atoms with E-state index in [0.717, 1.165) is 18.4 Å². The lowest BCUT2D eigenvalue weighted by molar-refractivity contribution is 0.0235. The van der Waals surface area contributed by atoms with Crippen molar-refractivity contribution in [3.8, 4) is 0 Å². The van der Waals surface area contributed by atoms with Crippen LogP contribution in [0.25, 0.3) is 0 Å². The summed E-state index contributed by atoms with van der Waals surface area (Å²) in [7, 11) is 0. The molecule has 1 aromatic rings. The number of aryl methyl sites for hydroxylation is 1. The normalized spacial score (nSPS) is 24.0. The molecule has 24 heavy (non-hydrogen) atoms. The van der Waals surface area contributed by atoms with Gasteiger partial charge in [0.05, 0.1) is 6.61 Å². The quantitative estimate of drug-likeness (QED) is 0.925. The predicted molar refractivity (Wildman–Crippen MR) is 91.9 cm³/mol. The Balaban J connectivity index is 1.48. The molecule has 1 N–H and O–H groups in total. The van der Waals surface area contributed by atoms with E-state index in [1.807, 2.05) is 19.1 Å². The Hall–Kier alpha value is -1.88. The molecule has 130 valence electrons. The molecule has 2 aliphatic heterocycles. The first kappa shape index (κ1) is 17.0. The van der Waals surface area contributed by atoms with Gasteiger partial charge in [0.25, 0.3) is 5.91 Å². The molecule has 2 atom stereocenters. The van der Waals surface area contributed by atoms with E-state index in [-0.39, 0.29) is 0 Å². The number of alkyl carbamates (subject to hydrolysis) is 1. The van der Waals surface area contributed by atoms with Gasteiger partial charge in [0.2, 0.25) is 0 Å². The Kier molecular flexibility index (Phi) is 5.51. The summed E-state index contributed by atoms with van der Waals surface area (Å²) in [6, 6.07) is 7.64. The third-order valence-corrected chi connectivity index (χ3v) is 5.19. The Morgan fingerprint density at radius 3 is 2.67 bits per heavy atom. The van der Waals surface area contributed by atoms with E-state index in [2.05, 4.69) is 10.2 Å². The summed E-state index contributed by atoms with van der Waals surface area (Å²) >= 11 is 0. The fourth-order valence-corrected chi connectivity index (χ4v) is 3.86. The minimum absolute atomic E-state index is 0.388. The Morgan fingerprint density at radius 2 is 1.88 bits per heavy atom. The zero-order valence-electron chi connectivity index (χ0n) is 14.3. The van der Waals surface area contributed by atoms with Crippen molar-refractivity contribution in [3.05, 3.63) is 35.4 Å². The molecule has 0 radical (unpaired) electrons. The molecule has 2 heterocycles. The zero-order valence-corrected chi connectivity index (χ0v) is 14.3. The van der Waals surface area contributed by atoms with Gasteiger partial charge in [-0.05, 0) is 57.8 Å². The Labute approximate surface area is 143 Å². The predicted octanol–water partition coefficient (Wildman–Crippen LogP) is 3.13. The highest BCUT2D eigenvalue weighted by molar-refractivity contribution is 6.02. The van der Waals surface area contributed by atoms with Crippen LogP contribution in [0.2, 0.25) is 0 Å². The fraction of sp³-hybridized carbons (Fsp3) is 0.579. The number of rotatable bonds is 3. The van der Waals surface area contributed by atoms with E-state index in [4.69, 9.17) is 4.74 Å². The van der Waals surface area contributed by atoms with Gasteiger partial charge in [-0.1, -0.05) is 24.1 Å². The van der Waals surface area contributed by atoms with Crippen molar-refractivity contribution in [1.29, 1.82) is 0 Å². The maximum absolute atomic E-state index is 12.0. The highest BCUT2D eigenvalue weighted by Crippen LogP contribution is 2.30. The molecule has 0 saturated carbocycles. The van der Waals surface area contributed by atoms with Gasteiger partial charge in [0, 0.05) is 17.5 Å². The van der Waals surface area contributed by atoms with Crippen LogP contribution in [0.5, 0.6) is 0 Å². The lowest BCUT2D eigenvalue weighted by Crippen LogP contribution is -2.49. The summed E-state index contributed by atoms with van der Waals surface area (Å²) in [6.45, 7) is 4.68. The number of nitrogens with one attached hydrogen (secondary N) is 1. The van der Waals surface area contributed by atoms with Crippen molar-refractivity contribution in [2.75, 3.05) is 19.7 Å². The van der Waals surface area contributed by atoms with Gasteiger partial charge < -0.3 is 4.74 Å². The lowest BCUT2D eigenvalue weighted by atomic mass is 9.84. The monoisotopic (exact) mass is 330 g/mol. The summed E-state index contributed by atoms with van der Waals surface area (Å²) in [4.78, 5) is 26.5. The number of amides is 2. The average molecular weight is 330 g/mol. The molecule has 2 aliphatic rings. The molecule has 5 heteroatoms. The first-order valence-corrected chi connectivity index (χ1v) is 8.92. The number of piperidine rings is 2. The second kappa shape index (κ2) is 7.79. The van der Waals surface area contributed by atoms with E-state index in [9.17, 15) is 9.59 Å². The maximum Gasteiger partial charge on any atom is 0.414 e. The number of ether oxygens (including phenoxy) is 1. The Morgan fingerprint density at radius 1 is 1.12 bits per heavy atom. The van der Waals surface area contributed by atoms with E-state index in [1.165, 1.54) is 32.4 Å². The van der Waals surface area contributed by atoms with Crippen molar-refractivity contribution in [3.63, 3.8) is 0 Å². The van der Waals surface area contributed by atoms with Crippen molar-refractivity contribution < 1.29 is 14.3 Å². The molecule has 2 saturated heterocycles. The molecule has 2 fully saturated rings. The standard InChI is InChI=1S/C19H26N2O3/c1-14-7-9-15(10-8-14)18(22)20-19(23)24-13-16-5-4-12-21-11-3-2-6-17(16)21/h7-10,16-17H,2-6,11-13H2,1H3,(H,20,22,23)/t16-,17-/m0/s1. The first-order valence-electron chi connectivity index (χ1n) is 8.92. The number of nitrogens with zero attached hydrogens (tertiary/aromatic N) is 1. The zero-order chi connectivity index (χ0) is 16.9. The topological polar surface area (TPSA) is 58.6 Å². The van der Waals surface area contributed by atoms with Gasteiger partial charge in [0.15, 0.2) is 0 Å². The molecular formula is C19H26N2O3. The molecule has 1 aromatic carbocycles. The van der Waals surface area contributed by atoms with E-state index < -0.39 is 12.0 Å². The number of hydrogen-bond acceptors (Lipinski definition) is 4. The summed E-state index contributed by atoms with van der Waals surface area (Å²) in [6.07, 6.45) is 5.34. The smallest absolute Gasteiger partial charge is 0.414 e. The number of carbonyl (C=O) groups excluding carboxylic acids is 2. The largest absolute Gasteiger partial charge is 0.449 e. The van der Waals surface area contributed by atoms with Gasteiger partial charge in [0.1, 0.15) is 0 Å². The molecule has 0 bridgehead atoms. The molecule has 3 rings (SSSR count). The molecule has 0 unspecified atom stereocenters. The molecule has 0 aliphatic carbocycles. The molecule has 2 amide bonds. The number of fused-ring (bicyclic) bond motifs is 1. The number of carbonyl (C=O) groups is 2. The third kappa shape index (κ3) is 4.15. The summed E-state index contributed by atoms with van der Waals surface area (Å²) in [5.74, 6) is -0.0257. The highest BCUT2D eigenvalue weighted by atomic mass is 16.5. The number of imide groups is 1. The van der Waals surface area contributed by atoms with Crippen molar-refractivity contribution in [1.82, 2.24) is 10.2 Å². The molecule has 0 aromatic heterocycles. The minimum Gasteiger partial charge on any atom is -0.449 e. The van der Waals surface area contributed by atoms with E-state index in [1.54, 1.807) is 12.1 Å².